The number of aromatic nitrogens is 3. The van der Waals surface area contributed by atoms with Crippen LogP contribution in [0.25, 0.3) is 42.9 Å². The fourth-order valence-corrected chi connectivity index (χ4v) is 7.10. The van der Waals surface area contributed by atoms with Crippen LogP contribution >= 0.6 is 11.3 Å². The number of H-pyrrole nitrogens is 1. The number of imidazole rings is 1. The van der Waals surface area contributed by atoms with E-state index in [1.165, 1.54) is 12.0 Å². The third-order valence-corrected chi connectivity index (χ3v) is 9.28. The zero-order valence-corrected chi connectivity index (χ0v) is 22.6. The van der Waals surface area contributed by atoms with Gasteiger partial charge < -0.3 is 15.8 Å². The number of benzene rings is 3. The molecule has 1 saturated carbocycles. The van der Waals surface area contributed by atoms with E-state index in [1.807, 2.05) is 30.3 Å². The zero-order valence-electron chi connectivity index (χ0n) is 21.8. The molecule has 3 aromatic carbocycles. The van der Waals surface area contributed by atoms with Gasteiger partial charge in [-0.1, -0.05) is 55.3 Å². The van der Waals surface area contributed by atoms with Gasteiger partial charge in [0.15, 0.2) is 0 Å². The highest BCUT2D eigenvalue weighted by Gasteiger charge is 2.30. The van der Waals surface area contributed by atoms with E-state index < -0.39 is 5.97 Å². The molecule has 1 aliphatic rings. The lowest BCUT2D eigenvalue weighted by molar-refractivity contribution is 0.0697. The number of thiophene rings is 1. The number of hydrogen-bond donors (Lipinski definition) is 3. The highest BCUT2D eigenvalue weighted by Crippen LogP contribution is 2.44. The first kappa shape index (κ1) is 24.5. The number of nitrogens with one attached hydrogen (secondary N) is 1. The number of carboxylic acids is 1. The van der Waals surface area contributed by atoms with Crippen LogP contribution in [0.4, 0.5) is 5.69 Å². The quantitative estimate of drug-likeness (QED) is 0.203. The molecule has 40 heavy (non-hydrogen) atoms. The summed E-state index contributed by atoms with van der Waals surface area (Å²) in [6, 6.07) is 28.2. The number of rotatable bonds is 5. The average molecular weight is 545 g/mol. The Morgan fingerprint density at radius 2 is 1.70 bits per heavy atom. The first-order chi connectivity index (χ1) is 19.5. The molecule has 0 saturated heterocycles. The third kappa shape index (κ3) is 4.42. The summed E-state index contributed by atoms with van der Waals surface area (Å²) in [5.41, 5.74) is 13.3. The van der Waals surface area contributed by atoms with Crippen LogP contribution in [-0.2, 0) is 0 Å². The van der Waals surface area contributed by atoms with Crippen LogP contribution in [0, 0.1) is 0 Å². The fourth-order valence-electron chi connectivity index (χ4n) is 6.04. The molecule has 0 bridgehead atoms. The lowest BCUT2D eigenvalue weighted by atomic mass is 9.75. The maximum absolute atomic E-state index is 11.4. The van der Waals surface area contributed by atoms with E-state index in [4.69, 9.17) is 15.7 Å². The van der Waals surface area contributed by atoms with E-state index >= 15 is 0 Å². The van der Waals surface area contributed by atoms with E-state index in [-0.39, 0.29) is 11.5 Å². The number of nitrogens with two attached hydrogens (primary N) is 1. The molecular formula is C33H28N4O2S. The lowest BCUT2D eigenvalue weighted by Crippen LogP contribution is -2.17. The van der Waals surface area contributed by atoms with Crippen LogP contribution in [0.3, 0.4) is 0 Å². The summed E-state index contributed by atoms with van der Waals surface area (Å²) in [4.78, 5) is 26.9. The van der Waals surface area contributed by atoms with E-state index in [1.54, 1.807) is 23.5 Å². The topological polar surface area (TPSA) is 105 Å². The van der Waals surface area contributed by atoms with Crippen molar-refractivity contribution in [3.8, 4) is 21.0 Å². The molecule has 4 N–H and O–H groups in total. The van der Waals surface area contributed by atoms with Gasteiger partial charge in [-0.15, -0.1) is 11.3 Å². The Hall–Kier alpha value is -4.49. The Bertz CT molecular complexity index is 1870. The first-order valence-corrected chi connectivity index (χ1v) is 14.4. The van der Waals surface area contributed by atoms with Crippen LogP contribution in [-0.4, -0.2) is 26.0 Å². The van der Waals surface area contributed by atoms with Gasteiger partial charge in [-0.2, -0.15) is 0 Å². The molecule has 1 fully saturated rings. The molecule has 0 aliphatic heterocycles. The van der Waals surface area contributed by atoms with Crippen molar-refractivity contribution in [2.45, 2.75) is 37.5 Å². The maximum Gasteiger partial charge on any atom is 0.335 e. The summed E-state index contributed by atoms with van der Waals surface area (Å²) in [5, 5.41) is 10.5. The standard InChI is InChI=1S/C33H28N4O2S/c34-25-18-30(19-6-2-1-3-7-19)40-31(25)28-15-11-21-16-20(10-13-26(21)35-28)23-8-4-5-9-24(23)32-36-27-14-12-22(33(38)39)17-29(27)37-32/h1-3,6-7,10-18,23-24H,4-5,8-9,34H2,(H,36,37)(H,38,39). The summed E-state index contributed by atoms with van der Waals surface area (Å²) >= 11 is 1.67. The molecule has 198 valence electrons. The van der Waals surface area contributed by atoms with Crippen molar-refractivity contribution < 1.29 is 9.90 Å². The SMILES string of the molecule is Nc1cc(-c2ccccc2)sc1-c1ccc2cc(C3CCCCC3c3nc4cc(C(=O)O)ccc4[nH]3)ccc2n1. The van der Waals surface area contributed by atoms with Crippen molar-refractivity contribution in [2.24, 2.45) is 0 Å². The number of nitrogen functional groups attached to an aromatic ring is 1. The first-order valence-electron chi connectivity index (χ1n) is 13.6. The lowest BCUT2D eigenvalue weighted by Gasteiger charge is -2.30. The van der Waals surface area contributed by atoms with Gasteiger partial charge in [-0.05, 0) is 72.4 Å². The van der Waals surface area contributed by atoms with Crippen LogP contribution in [0.2, 0.25) is 0 Å². The fraction of sp³-hybridized carbons (Fsp3) is 0.182. The molecule has 2 unspecified atom stereocenters. The molecule has 1 aliphatic carbocycles. The molecule has 7 rings (SSSR count). The third-order valence-electron chi connectivity index (χ3n) is 8.06. The Morgan fingerprint density at radius 3 is 2.52 bits per heavy atom. The van der Waals surface area contributed by atoms with Crippen LogP contribution in [0.1, 0.15) is 59.3 Å². The predicted molar refractivity (Wildman–Crippen MR) is 162 cm³/mol. The van der Waals surface area contributed by atoms with Crippen molar-refractivity contribution in [1.29, 1.82) is 0 Å². The smallest absolute Gasteiger partial charge is 0.335 e. The van der Waals surface area contributed by atoms with Crippen molar-refractivity contribution >= 4 is 44.9 Å². The van der Waals surface area contributed by atoms with Gasteiger partial charge in [0.1, 0.15) is 5.82 Å². The van der Waals surface area contributed by atoms with Crippen LogP contribution < -0.4 is 5.73 Å². The Morgan fingerprint density at radius 1 is 0.875 bits per heavy atom. The van der Waals surface area contributed by atoms with Crippen molar-refractivity contribution in [3.63, 3.8) is 0 Å². The highest BCUT2D eigenvalue weighted by atomic mass is 32.1. The minimum atomic E-state index is -0.937. The largest absolute Gasteiger partial charge is 0.478 e. The number of aromatic amines is 1. The van der Waals surface area contributed by atoms with Crippen LogP contribution in [0.5, 0.6) is 0 Å². The molecule has 3 aromatic heterocycles. The number of pyridine rings is 1. The molecule has 0 amide bonds. The molecule has 7 heteroatoms. The molecule has 0 spiro atoms. The second-order valence-electron chi connectivity index (χ2n) is 10.6. The second kappa shape index (κ2) is 9.92. The van der Waals surface area contributed by atoms with Gasteiger partial charge in [0.05, 0.1) is 38.4 Å². The Labute approximate surface area is 235 Å². The Kier molecular flexibility index (Phi) is 6.09. The van der Waals surface area contributed by atoms with Crippen molar-refractivity contribution in [3.05, 3.63) is 102 Å². The minimum Gasteiger partial charge on any atom is -0.478 e. The zero-order chi connectivity index (χ0) is 27.2. The van der Waals surface area contributed by atoms with Gasteiger partial charge in [0, 0.05) is 16.2 Å². The van der Waals surface area contributed by atoms with E-state index in [2.05, 4.69) is 47.4 Å². The number of carbonyl (C=O) groups is 1. The van der Waals surface area contributed by atoms with Crippen LogP contribution in [0.15, 0.2) is 84.9 Å². The van der Waals surface area contributed by atoms with Crippen molar-refractivity contribution in [1.82, 2.24) is 15.0 Å². The minimum absolute atomic E-state index is 0.251. The Balaban J connectivity index is 1.20. The van der Waals surface area contributed by atoms with Gasteiger partial charge in [-0.3, -0.25) is 0 Å². The summed E-state index contributed by atoms with van der Waals surface area (Å²) in [6.45, 7) is 0. The summed E-state index contributed by atoms with van der Waals surface area (Å²) in [5.74, 6) is 0.590. The van der Waals surface area contributed by atoms with E-state index in [9.17, 15) is 9.90 Å². The number of nitrogens with zero attached hydrogens (tertiary/aromatic N) is 2. The number of anilines is 1. The molecule has 3 heterocycles. The molecule has 2 atom stereocenters. The number of carboxylic acid groups (broad SMARTS) is 1. The number of hydrogen-bond acceptors (Lipinski definition) is 5. The van der Waals surface area contributed by atoms with Gasteiger partial charge in [-0.25, -0.2) is 14.8 Å². The highest BCUT2D eigenvalue weighted by molar-refractivity contribution is 7.19. The van der Waals surface area contributed by atoms with Gasteiger partial charge in [0.25, 0.3) is 0 Å². The molecular weight excluding hydrogens is 516 g/mol. The van der Waals surface area contributed by atoms with Crippen molar-refractivity contribution in [2.75, 3.05) is 5.73 Å². The van der Waals surface area contributed by atoms with E-state index in [0.29, 0.717) is 11.4 Å². The maximum atomic E-state index is 11.4. The van der Waals surface area contributed by atoms with Gasteiger partial charge in [0.2, 0.25) is 0 Å². The number of fused-ring (bicyclic) bond motifs is 2. The molecule has 6 nitrogen and oxygen atoms in total. The molecule has 0 radical (unpaired) electrons. The molecule has 6 aromatic rings. The predicted octanol–water partition coefficient (Wildman–Crippen LogP) is 8.23. The van der Waals surface area contributed by atoms with Gasteiger partial charge >= 0.3 is 5.97 Å². The monoisotopic (exact) mass is 544 g/mol. The number of aromatic carboxylic acids is 1. The second-order valence-corrected chi connectivity index (χ2v) is 11.6. The summed E-state index contributed by atoms with van der Waals surface area (Å²) < 4.78 is 0. The summed E-state index contributed by atoms with van der Waals surface area (Å²) in [6.07, 6.45) is 4.48. The normalized spacial score (nSPS) is 17.4. The average Bonchev–Trinajstić information content (AvgIpc) is 3.60. The summed E-state index contributed by atoms with van der Waals surface area (Å²) in [7, 11) is 0. The van der Waals surface area contributed by atoms with E-state index in [0.717, 1.165) is 68.2 Å².